The molecular weight excluding hydrogens is 372 g/mol. The molecule has 2 aliphatic rings. The monoisotopic (exact) mass is 398 g/mol. The molecule has 6 heteroatoms. The number of carbonyl (C=O) groups is 1. The van der Waals surface area contributed by atoms with E-state index in [-0.39, 0.29) is 6.42 Å². The lowest BCUT2D eigenvalue weighted by atomic mass is 9.97. The van der Waals surface area contributed by atoms with Crippen LogP contribution in [0.25, 0.3) is 5.57 Å². The van der Waals surface area contributed by atoms with Crippen LogP contribution in [0, 0.1) is 0 Å². The number of rotatable bonds is 5. The van der Waals surface area contributed by atoms with Crippen molar-refractivity contribution < 1.29 is 14.6 Å². The molecule has 0 radical (unpaired) electrons. The van der Waals surface area contributed by atoms with Crippen LogP contribution in [0.1, 0.15) is 28.0 Å². The van der Waals surface area contributed by atoms with Gasteiger partial charge in [0.2, 0.25) is 0 Å². The molecule has 1 fully saturated rings. The highest BCUT2D eigenvalue weighted by Gasteiger charge is 2.21. The first-order valence-electron chi connectivity index (χ1n) is 9.76. The standard InChI is InChI=1S/C22H26N2O3S/c1-23-8-10-24(11-9-23)7-2-3-18-19-13-16(14-21(25)26)4-5-20(19)27-15-17-6-12-28-22(17)18/h3-6,12-13H,2,7-11,14-15H2,1H3,(H,25,26)/b18-3+. The number of aliphatic carboxylic acids is 1. The molecule has 2 aromatic rings. The fourth-order valence-electron chi connectivity index (χ4n) is 3.83. The number of benzene rings is 1. The van der Waals surface area contributed by atoms with Crippen molar-refractivity contribution in [3.63, 3.8) is 0 Å². The molecule has 1 N–H and O–H groups in total. The Balaban J connectivity index is 1.61. The average molecular weight is 399 g/mol. The Kier molecular flexibility index (Phi) is 5.80. The van der Waals surface area contributed by atoms with Gasteiger partial charge in [0.25, 0.3) is 0 Å². The molecule has 1 saturated heterocycles. The summed E-state index contributed by atoms with van der Waals surface area (Å²) in [6.07, 6.45) is 3.31. The van der Waals surface area contributed by atoms with E-state index in [9.17, 15) is 4.79 Å². The van der Waals surface area contributed by atoms with Crippen LogP contribution in [0.2, 0.25) is 0 Å². The zero-order valence-electron chi connectivity index (χ0n) is 16.2. The number of hydrogen-bond acceptors (Lipinski definition) is 5. The molecule has 4 rings (SSSR count). The molecule has 0 unspecified atom stereocenters. The van der Waals surface area contributed by atoms with Crippen molar-refractivity contribution in [2.75, 3.05) is 39.8 Å². The fourth-order valence-corrected chi connectivity index (χ4v) is 4.79. The normalized spacial score (nSPS) is 19.0. The number of fused-ring (bicyclic) bond motifs is 2. The van der Waals surface area contributed by atoms with Crippen LogP contribution in [-0.2, 0) is 17.8 Å². The first-order chi connectivity index (χ1) is 13.6. The maximum atomic E-state index is 11.2. The molecule has 1 aromatic heterocycles. The van der Waals surface area contributed by atoms with Gasteiger partial charge in [-0.1, -0.05) is 12.1 Å². The van der Waals surface area contributed by atoms with Crippen LogP contribution < -0.4 is 4.74 Å². The predicted molar refractivity (Wildman–Crippen MR) is 112 cm³/mol. The van der Waals surface area contributed by atoms with E-state index in [1.54, 1.807) is 11.3 Å². The van der Waals surface area contributed by atoms with E-state index in [0.29, 0.717) is 6.61 Å². The number of piperazine rings is 1. The molecular formula is C22H26N2O3S. The number of thiophene rings is 1. The van der Waals surface area contributed by atoms with E-state index in [1.165, 1.54) is 16.0 Å². The summed E-state index contributed by atoms with van der Waals surface area (Å²) >= 11 is 1.73. The lowest BCUT2D eigenvalue weighted by Gasteiger charge is -2.32. The van der Waals surface area contributed by atoms with Gasteiger partial charge in [0.05, 0.1) is 6.42 Å². The molecule has 0 saturated carbocycles. The molecule has 2 aliphatic heterocycles. The third-order valence-electron chi connectivity index (χ3n) is 5.45. The van der Waals surface area contributed by atoms with Crippen molar-refractivity contribution in [2.24, 2.45) is 0 Å². The van der Waals surface area contributed by atoms with Gasteiger partial charge >= 0.3 is 5.97 Å². The number of carboxylic acid groups (broad SMARTS) is 1. The van der Waals surface area contributed by atoms with Gasteiger partial charge in [-0.2, -0.15) is 0 Å². The first-order valence-corrected chi connectivity index (χ1v) is 10.6. The van der Waals surface area contributed by atoms with Gasteiger partial charge in [0.1, 0.15) is 12.4 Å². The number of likely N-dealkylation sites (N-methyl/N-ethyl adjacent to an activating group) is 1. The SMILES string of the molecule is CN1CCN(CC/C=C2\c3cc(CC(=O)O)ccc3OCc3ccsc32)CC1. The minimum absolute atomic E-state index is 0.0269. The Hall–Kier alpha value is -2.15. The summed E-state index contributed by atoms with van der Waals surface area (Å²) in [5.74, 6) is 0.0234. The van der Waals surface area contributed by atoms with Gasteiger partial charge < -0.3 is 19.6 Å². The summed E-state index contributed by atoms with van der Waals surface area (Å²) in [6, 6.07) is 7.88. The van der Waals surface area contributed by atoms with Crippen molar-refractivity contribution in [3.8, 4) is 5.75 Å². The van der Waals surface area contributed by atoms with Crippen LogP contribution in [0.15, 0.2) is 35.7 Å². The van der Waals surface area contributed by atoms with Gasteiger partial charge in [-0.15, -0.1) is 11.3 Å². The molecule has 0 aliphatic carbocycles. The lowest BCUT2D eigenvalue weighted by molar-refractivity contribution is -0.136. The second-order valence-corrected chi connectivity index (χ2v) is 8.43. The highest BCUT2D eigenvalue weighted by Crippen LogP contribution is 2.40. The molecule has 0 bridgehead atoms. The number of nitrogens with zero attached hydrogens (tertiary/aromatic N) is 2. The Morgan fingerprint density at radius 3 is 2.86 bits per heavy atom. The first kappa shape index (κ1) is 19.2. The van der Waals surface area contributed by atoms with Gasteiger partial charge in [-0.05, 0) is 48.2 Å². The van der Waals surface area contributed by atoms with Crippen LogP contribution in [0.5, 0.6) is 5.75 Å². The topological polar surface area (TPSA) is 53.0 Å². The predicted octanol–water partition coefficient (Wildman–Crippen LogP) is 3.34. The zero-order valence-corrected chi connectivity index (χ0v) is 17.0. The Morgan fingerprint density at radius 2 is 2.07 bits per heavy atom. The summed E-state index contributed by atoms with van der Waals surface area (Å²) < 4.78 is 6.03. The van der Waals surface area contributed by atoms with E-state index in [2.05, 4.69) is 34.4 Å². The summed E-state index contributed by atoms with van der Waals surface area (Å²) in [5.41, 5.74) is 4.20. The Bertz CT molecular complexity index is 882. The summed E-state index contributed by atoms with van der Waals surface area (Å²) in [5, 5.41) is 11.3. The van der Waals surface area contributed by atoms with Crippen molar-refractivity contribution in [1.82, 2.24) is 9.80 Å². The van der Waals surface area contributed by atoms with E-state index in [0.717, 1.165) is 56.0 Å². The highest BCUT2D eigenvalue weighted by molar-refractivity contribution is 7.11. The van der Waals surface area contributed by atoms with Gasteiger partial charge in [-0.3, -0.25) is 4.79 Å². The minimum Gasteiger partial charge on any atom is -0.488 e. The van der Waals surface area contributed by atoms with Crippen LogP contribution in [0.4, 0.5) is 0 Å². The largest absolute Gasteiger partial charge is 0.488 e. The van der Waals surface area contributed by atoms with E-state index in [4.69, 9.17) is 9.84 Å². The minimum atomic E-state index is -0.813. The van der Waals surface area contributed by atoms with E-state index < -0.39 is 5.97 Å². The van der Waals surface area contributed by atoms with Crippen molar-refractivity contribution in [1.29, 1.82) is 0 Å². The van der Waals surface area contributed by atoms with Crippen molar-refractivity contribution in [3.05, 3.63) is 57.3 Å². The Labute approximate surface area is 169 Å². The molecule has 5 nitrogen and oxygen atoms in total. The second-order valence-electron chi connectivity index (χ2n) is 7.52. The number of carboxylic acids is 1. The fraction of sp³-hybridized carbons (Fsp3) is 0.409. The average Bonchev–Trinajstić information content (AvgIpc) is 3.08. The van der Waals surface area contributed by atoms with Crippen LogP contribution in [0.3, 0.4) is 0 Å². The maximum absolute atomic E-state index is 11.2. The number of hydrogen-bond donors (Lipinski definition) is 1. The Morgan fingerprint density at radius 1 is 1.25 bits per heavy atom. The summed E-state index contributed by atoms with van der Waals surface area (Å²) in [6.45, 7) is 6.09. The van der Waals surface area contributed by atoms with Gasteiger partial charge in [-0.25, -0.2) is 0 Å². The van der Waals surface area contributed by atoms with Crippen molar-refractivity contribution in [2.45, 2.75) is 19.4 Å². The molecule has 3 heterocycles. The van der Waals surface area contributed by atoms with E-state index >= 15 is 0 Å². The molecule has 28 heavy (non-hydrogen) atoms. The summed E-state index contributed by atoms with van der Waals surface area (Å²) in [4.78, 5) is 17.3. The smallest absolute Gasteiger partial charge is 0.307 e. The van der Waals surface area contributed by atoms with Crippen LogP contribution >= 0.6 is 11.3 Å². The summed E-state index contributed by atoms with van der Waals surface area (Å²) in [7, 11) is 2.18. The molecule has 148 valence electrons. The molecule has 0 amide bonds. The second kappa shape index (κ2) is 8.47. The lowest BCUT2D eigenvalue weighted by Crippen LogP contribution is -2.44. The van der Waals surface area contributed by atoms with Crippen molar-refractivity contribution >= 4 is 22.9 Å². The van der Waals surface area contributed by atoms with Crippen LogP contribution in [-0.4, -0.2) is 60.6 Å². The third kappa shape index (κ3) is 4.29. The number of ether oxygens (including phenoxy) is 1. The molecule has 0 atom stereocenters. The van der Waals surface area contributed by atoms with Gasteiger partial charge in [0.15, 0.2) is 0 Å². The highest BCUT2D eigenvalue weighted by atomic mass is 32.1. The maximum Gasteiger partial charge on any atom is 0.307 e. The molecule has 0 spiro atoms. The molecule has 1 aromatic carbocycles. The third-order valence-corrected chi connectivity index (χ3v) is 6.44. The van der Waals surface area contributed by atoms with Gasteiger partial charge in [0, 0.05) is 48.7 Å². The quantitative estimate of drug-likeness (QED) is 0.837. The van der Waals surface area contributed by atoms with E-state index in [1.807, 2.05) is 18.2 Å². The zero-order chi connectivity index (χ0) is 19.5.